The Balaban J connectivity index is 0.00000240. The molecule has 152 valence electrons. The number of hydrogen-bond acceptors (Lipinski definition) is 3. The molecule has 1 atom stereocenters. The minimum Gasteiger partial charge on any atom is -0.381 e. The highest BCUT2D eigenvalue weighted by molar-refractivity contribution is 5.89. The highest BCUT2D eigenvalue weighted by Crippen LogP contribution is 2.36. The van der Waals surface area contributed by atoms with Crippen LogP contribution < -0.4 is 11.1 Å². The summed E-state index contributed by atoms with van der Waals surface area (Å²) in [5, 5.41) is 5.57. The number of fused-ring (bicyclic) bond motifs is 1. The molecule has 1 saturated heterocycles. The van der Waals surface area contributed by atoms with Crippen LogP contribution in [0, 0.1) is 0 Å². The monoisotopic (exact) mass is 410 g/mol. The first-order chi connectivity index (χ1) is 13.7. The molecule has 0 aliphatic carbocycles. The molecule has 1 heterocycles. The van der Waals surface area contributed by atoms with Crippen molar-refractivity contribution >= 4 is 29.1 Å². The number of benzene rings is 3. The first-order valence-electron chi connectivity index (χ1n) is 9.86. The van der Waals surface area contributed by atoms with E-state index in [0.717, 1.165) is 16.5 Å². The molecule has 0 bridgehead atoms. The number of nitrogens with one attached hydrogen (secondary N) is 1. The number of carbonyl (C=O) groups excluding carboxylic acids is 1. The summed E-state index contributed by atoms with van der Waals surface area (Å²) in [5.74, 6) is 0.0330. The van der Waals surface area contributed by atoms with Crippen molar-refractivity contribution in [1.29, 1.82) is 0 Å². The molecule has 1 amide bonds. The molecular weight excluding hydrogens is 384 g/mol. The van der Waals surface area contributed by atoms with Gasteiger partial charge in [-0.25, -0.2) is 0 Å². The van der Waals surface area contributed by atoms with Gasteiger partial charge in [-0.2, -0.15) is 0 Å². The van der Waals surface area contributed by atoms with Gasteiger partial charge in [0.05, 0.1) is 11.5 Å². The molecule has 5 heteroatoms. The van der Waals surface area contributed by atoms with E-state index < -0.39 is 5.41 Å². The summed E-state index contributed by atoms with van der Waals surface area (Å²) in [5.41, 5.74) is 7.58. The lowest BCUT2D eigenvalue weighted by molar-refractivity contribution is -0.131. The second-order valence-electron chi connectivity index (χ2n) is 7.43. The largest absolute Gasteiger partial charge is 0.381 e. The molecule has 0 spiro atoms. The third-order valence-electron chi connectivity index (χ3n) is 5.82. The topological polar surface area (TPSA) is 64.3 Å². The highest BCUT2D eigenvalue weighted by atomic mass is 35.5. The van der Waals surface area contributed by atoms with Gasteiger partial charge in [0.15, 0.2) is 0 Å². The van der Waals surface area contributed by atoms with E-state index in [1.807, 2.05) is 42.5 Å². The fourth-order valence-corrected chi connectivity index (χ4v) is 4.12. The molecule has 1 aliphatic rings. The standard InChI is InChI=1S/C24H26N2O2.ClH/c25-17-22(20-11-10-18-6-4-5-7-19(18)16-20)26-23(27)24(12-14-28-15-13-24)21-8-2-1-3-9-21;/h1-11,16,22H,12-15,17,25H2,(H,26,27);1H. The zero-order valence-corrected chi connectivity index (χ0v) is 17.2. The lowest BCUT2D eigenvalue weighted by Crippen LogP contribution is -2.50. The summed E-state index contributed by atoms with van der Waals surface area (Å²) in [6.07, 6.45) is 1.36. The summed E-state index contributed by atoms with van der Waals surface area (Å²) in [6, 6.07) is 24.3. The molecule has 4 rings (SSSR count). The van der Waals surface area contributed by atoms with Crippen LogP contribution in [0.15, 0.2) is 72.8 Å². The van der Waals surface area contributed by atoms with Gasteiger partial charge >= 0.3 is 0 Å². The lowest BCUT2D eigenvalue weighted by atomic mass is 9.73. The normalized spacial score (nSPS) is 16.6. The van der Waals surface area contributed by atoms with Crippen LogP contribution in [0.4, 0.5) is 0 Å². The molecule has 3 N–H and O–H groups in total. The molecule has 1 aliphatic heterocycles. The zero-order valence-electron chi connectivity index (χ0n) is 16.3. The third-order valence-corrected chi connectivity index (χ3v) is 5.82. The van der Waals surface area contributed by atoms with Crippen LogP contribution in [-0.4, -0.2) is 25.7 Å². The molecular formula is C24H27ClN2O2. The number of rotatable bonds is 5. The van der Waals surface area contributed by atoms with Crippen molar-refractivity contribution in [2.75, 3.05) is 19.8 Å². The zero-order chi connectivity index (χ0) is 19.4. The number of ether oxygens (including phenoxy) is 1. The maximum Gasteiger partial charge on any atom is 0.231 e. The van der Waals surface area contributed by atoms with Crippen LogP contribution in [0.2, 0.25) is 0 Å². The summed E-state index contributed by atoms with van der Waals surface area (Å²) in [7, 11) is 0. The summed E-state index contributed by atoms with van der Waals surface area (Å²) in [6.45, 7) is 1.53. The molecule has 3 aromatic rings. The van der Waals surface area contributed by atoms with E-state index >= 15 is 0 Å². The average Bonchev–Trinajstić information content (AvgIpc) is 2.78. The second-order valence-corrected chi connectivity index (χ2v) is 7.43. The number of carbonyl (C=O) groups is 1. The van der Waals surface area contributed by atoms with Crippen LogP contribution in [0.1, 0.15) is 30.0 Å². The van der Waals surface area contributed by atoms with Gasteiger partial charge in [0, 0.05) is 19.8 Å². The van der Waals surface area contributed by atoms with E-state index in [1.165, 1.54) is 5.39 Å². The van der Waals surface area contributed by atoms with E-state index in [9.17, 15) is 4.79 Å². The van der Waals surface area contributed by atoms with Gasteiger partial charge in [-0.3, -0.25) is 4.79 Å². The summed E-state index contributed by atoms with van der Waals surface area (Å²) >= 11 is 0. The number of nitrogens with two attached hydrogens (primary N) is 1. The van der Waals surface area contributed by atoms with E-state index in [0.29, 0.717) is 32.6 Å². The molecule has 0 saturated carbocycles. The number of halogens is 1. The van der Waals surface area contributed by atoms with Gasteiger partial charge in [-0.05, 0) is 40.8 Å². The van der Waals surface area contributed by atoms with Crippen LogP contribution in [0.3, 0.4) is 0 Å². The first-order valence-corrected chi connectivity index (χ1v) is 9.86. The second kappa shape index (κ2) is 9.40. The molecule has 0 radical (unpaired) electrons. The van der Waals surface area contributed by atoms with Gasteiger partial charge in [0.2, 0.25) is 5.91 Å². The van der Waals surface area contributed by atoms with Gasteiger partial charge in [-0.1, -0.05) is 66.7 Å². The van der Waals surface area contributed by atoms with Gasteiger partial charge in [-0.15, -0.1) is 12.4 Å². The predicted molar refractivity (Wildman–Crippen MR) is 119 cm³/mol. The summed E-state index contributed by atoms with van der Waals surface area (Å²) in [4.78, 5) is 13.5. The van der Waals surface area contributed by atoms with Crippen molar-refractivity contribution < 1.29 is 9.53 Å². The molecule has 3 aromatic carbocycles. The Kier molecular flexibility index (Phi) is 6.91. The molecule has 4 nitrogen and oxygen atoms in total. The lowest BCUT2D eigenvalue weighted by Gasteiger charge is -2.37. The maximum absolute atomic E-state index is 13.5. The van der Waals surface area contributed by atoms with E-state index in [1.54, 1.807) is 0 Å². The van der Waals surface area contributed by atoms with Gasteiger partial charge in [0.25, 0.3) is 0 Å². The fraction of sp³-hybridized carbons (Fsp3) is 0.292. The fourth-order valence-electron chi connectivity index (χ4n) is 4.12. The smallest absolute Gasteiger partial charge is 0.231 e. The van der Waals surface area contributed by atoms with Crippen molar-refractivity contribution in [1.82, 2.24) is 5.32 Å². The van der Waals surface area contributed by atoms with E-state index in [4.69, 9.17) is 10.5 Å². The SMILES string of the molecule is Cl.NCC(NC(=O)C1(c2ccccc2)CCOCC1)c1ccc2ccccc2c1. The van der Waals surface area contributed by atoms with E-state index in [-0.39, 0.29) is 24.4 Å². The minimum atomic E-state index is -0.566. The van der Waals surface area contributed by atoms with Crippen molar-refractivity contribution in [2.24, 2.45) is 5.73 Å². The van der Waals surface area contributed by atoms with Crippen LogP contribution in [-0.2, 0) is 14.9 Å². The van der Waals surface area contributed by atoms with Crippen molar-refractivity contribution in [3.8, 4) is 0 Å². The van der Waals surface area contributed by atoms with Gasteiger partial charge < -0.3 is 15.8 Å². The molecule has 1 fully saturated rings. The van der Waals surface area contributed by atoms with Crippen molar-refractivity contribution in [3.05, 3.63) is 83.9 Å². The van der Waals surface area contributed by atoms with Gasteiger partial charge in [0.1, 0.15) is 0 Å². The quantitative estimate of drug-likeness (QED) is 0.664. The molecule has 1 unspecified atom stereocenters. The number of hydrogen-bond donors (Lipinski definition) is 2. The minimum absolute atomic E-state index is 0. The Morgan fingerprint density at radius 3 is 2.31 bits per heavy atom. The third kappa shape index (κ3) is 4.30. The Bertz CT molecular complexity index is 955. The van der Waals surface area contributed by atoms with Crippen LogP contribution >= 0.6 is 12.4 Å². The van der Waals surface area contributed by atoms with E-state index in [2.05, 4.69) is 35.6 Å². The van der Waals surface area contributed by atoms with Crippen LogP contribution in [0.25, 0.3) is 10.8 Å². The first kappa shape index (κ1) is 21.3. The van der Waals surface area contributed by atoms with Crippen LogP contribution in [0.5, 0.6) is 0 Å². The number of amides is 1. The van der Waals surface area contributed by atoms with Crippen molar-refractivity contribution in [2.45, 2.75) is 24.3 Å². The summed E-state index contributed by atoms with van der Waals surface area (Å²) < 4.78 is 5.56. The molecule has 29 heavy (non-hydrogen) atoms. The maximum atomic E-state index is 13.5. The highest BCUT2D eigenvalue weighted by Gasteiger charge is 2.42. The Hall–Kier alpha value is -2.40. The average molecular weight is 411 g/mol. The Morgan fingerprint density at radius 1 is 0.966 bits per heavy atom. The van der Waals surface area contributed by atoms with Crippen molar-refractivity contribution in [3.63, 3.8) is 0 Å². The Labute approximate surface area is 177 Å². The Morgan fingerprint density at radius 2 is 1.62 bits per heavy atom. The predicted octanol–water partition coefficient (Wildman–Crippen LogP) is 4.13. The molecule has 0 aromatic heterocycles.